The molecule has 1 aromatic rings. The molecule has 4 nitrogen and oxygen atoms in total. The Morgan fingerprint density at radius 2 is 1.57 bits per heavy atom. The van der Waals surface area contributed by atoms with Crippen molar-refractivity contribution in [3.8, 4) is 0 Å². The Bertz CT molecular complexity index is 424. The standard InChI is InChI=1S/C19H33NO3/c1-5-6-7-8-9-10-14-18(19(21-2,22-3)23-4)16-12-11-13-17(20)15-16/h11-13,15,18H,5-10,14,20H2,1-4H3. The number of nitrogens with two attached hydrogens (primary N) is 1. The molecule has 0 aliphatic heterocycles. The molecule has 0 saturated heterocycles. The van der Waals surface area contributed by atoms with Gasteiger partial charge in [0.2, 0.25) is 0 Å². The second-order valence-electron chi connectivity index (χ2n) is 6.00. The van der Waals surface area contributed by atoms with Crippen molar-refractivity contribution in [1.29, 1.82) is 0 Å². The molecule has 0 aliphatic carbocycles. The average Bonchev–Trinajstić information content (AvgIpc) is 2.57. The van der Waals surface area contributed by atoms with Crippen LogP contribution in [-0.2, 0) is 14.2 Å². The Balaban J connectivity index is 2.81. The van der Waals surface area contributed by atoms with Crippen molar-refractivity contribution in [3.05, 3.63) is 29.8 Å². The summed E-state index contributed by atoms with van der Waals surface area (Å²) in [6.45, 7) is 2.24. The van der Waals surface area contributed by atoms with Crippen LogP contribution in [0, 0.1) is 0 Å². The van der Waals surface area contributed by atoms with Crippen molar-refractivity contribution >= 4 is 5.69 Å². The van der Waals surface area contributed by atoms with Crippen LogP contribution in [0.5, 0.6) is 0 Å². The summed E-state index contributed by atoms with van der Waals surface area (Å²) in [5.41, 5.74) is 7.78. The zero-order valence-electron chi connectivity index (χ0n) is 15.1. The molecule has 2 N–H and O–H groups in total. The van der Waals surface area contributed by atoms with Crippen LogP contribution in [-0.4, -0.2) is 27.3 Å². The summed E-state index contributed by atoms with van der Waals surface area (Å²) < 4.78 is 16.8. The highest BCUT2D eigenvalue weighted by Crippen LogP contribution is 2.37. The molecule has 132 valence electrons. The lowest BCUT2D eigenvalue weighted by molar-refractivity contribution is -0.365. The highest BCUT2D eigenvalue weighted by atomic mass is 16.9. The van der Waals surface area contributed by atoms with Crippen molar-refractivity contribution in [2.24, 2.45) is 0 Å². The van der Waals surface area contributed by atoms with E-state index in [9.17, 15) is 0 Å². The molecule has 0 bridgehead atoms. The van der Waals surface area contributed by atoms with E-state index in [1.807, 2.05) is 18.2 Å². The predicted octanol–water partition coefficient (Wildman–Crippen LogP) is 4.70. The van der Waals surface area contributed by atoms with E-state index < -0.39 is 5.97 Å². The largest absolute Gasteiger partial charge is 0.399 e. The lowest BCUT2D eigenvalue weighted by atomic mass is 9.90. The normalized spacial score (nSPS) is 13.2. The van der Waals surface area contributed by atoms with Crippen molar-refractivity contribution in [3.63, 3.8) is 0 Å². The van der Waals surface area contributed by atoms with Crippen LogP contribution in [0.3, 0.4) is 0 Å². The van der Waals surface area contributed by atoms with Gasteiger partial charge in [0.1, 0.15) is 0 Å². The van der Waals surface area contributed by atoms with E-state index in [0.717, 1.165) is 24.1 Å². The van der Waals surface area contributed by atoms with Crippen LogP contribution in [0.25, 0.3) is 0 Å². The minimum absolute atomic E-state index is 0.0165. The van der Waals surface area contributed by atoms with Crippen LogP contribution >= 0.6 is 0 Å². The molecule has 1 rings (SSSR count). The molecule has 4 heteroatoms. The van der Waals surface area contributed by atoms with Crippen molar-refractivity contribution in [2.75, 3.05) is 27.1 Å². The van der Waals surface area contributed by atoms with E-state index in [2.05, 4.69) is 13.0 Å². The molecular formula is C19H33NO3. The molecule has 0 aromatic heterocycles. The topological polar surface area (TPSA) is 53.7 Å². The molecule has 0 fully saturated rings. The lowest BCUT2D eigenvalue weighted by Gasteiger charge is -2.36. The van der Waals surface area contributed by atoms with E-state index in [4.69, 9.17) is 19.9 Å². The van der Waals surface area contributed by atoms with Gasteiger partial charge in [0, 0.05) is 27.0 Å². The monoisotopic (exact) mass is 323 g/mol. The molecule has 1 aromatic carbocycles. The first kappa shape index (κ1) is 19.9. The van der Waals surface area contributed by atoms with Gasteiger partial charge in [0.15, 0.2) is 0 Å². The fourth-order valence-electron chi connectivity index (χ4n) is 3.13. The van der Waals surface area contributed by atoms with Gasteiger partial charge in [-0.25, -0.2) is 0 Å². The smallest absolute Gasteiger partial charge is 0.289 e. The Morgan fingerprint density at radius 1 is 0.957 bits per heavy atom. The Morgan fingerprint density at radius 3 is 2.13 bits per heavy atom. The number of unbranched alkanes of at least 4 members (excludes halogenated alkanes) is 5. The van der Waals surface area contributed by atoms with Crippen LogP contribution in [0.4, 0.5) is 5.69 Å². The maximum atomic E-state index is 5.95. The second-order valence-corrected chi connectivity index (χ2v) is 6.00. The molecule has 1 atom stereocenters. The zero-order valence-corrected chi connectivity index (χ0v) is 15.1. The molecule has 0 saturated carbocycles. The fourth-order valence-corrected chi connectivity index (χ4v) is 3.13. The Labute approximate surface area is 141 Å². The molecule has 0 radical (unpaired) electrons. The highest BCUT2D eigenvalue weighted by Gasteiger charge is 2.40. The molecule has 0 spiro atoms. The van der Waals surface area contributed by atoms with Crippen LogP contribution in [0.2, 0.25) is 0 Å². The van der Waals surface area contributed by atoms with Crippen LogP contribution in [0.1, 0.15) is 63.4 Å². The summed E-state index contributed by atoms with van der Waals surface area (Å²) in [5.74, 6) is -1.09. The Hall–Kier alpha value is -1.10. The van der Waals surface area contributed by atoms with Gasteiger partial charge in [-0.2, -0.15) is 0 Å². The summed E-state index contributed by atoms with van der Waals surface area (Å²) >= 11 is 0. The summed E-state index contributed by atoms with van der Waals surface area (Å²) in [5, 5.41) is 0. The molecule has 0 aliphatic rings. The third kappa shape index (κ3) is 5.79. The number of benzene rings is 1. The first-order chi connectivity index (χ1) is 11.1. The first-order valence-corrected chi connectivity index (χ1v) is 8.64. The van der Waals surface area contributed by atoms with Gasteiger partial charge >= 0.3 is 0 Å². The van der Waals surface area contributed by atoms with Gasteiger partial charge in [-0.15, -0.1) is 0 Å². The Kier molecular flexibility index (Phi) is 9.22. The minimum atomic E-state index is -1.07. The van der Waals surface area contributed by atoms with Crippen LogP contribution < -0.4 is 5.73 Å². The molecule has 23 heavy (non-hydrogen) atoms. The van der Waals surface area contributed by atoms with E-state index in [-0.39, 0.29) is 5.92 Å². The van der Waals surface area contributed by atoms with Gasteiger partial charge in [-0.05, 0) is 24.1 Å². The number of nitrogen functional groups attached to an aromatic ring is 1. The molecular weight excluding hydrogens is 290 g/mol. The van der Waals surface area contributed by atoms with Crippen LogP contribution in [0.15, 0.2) is 24.3 Å². The first-order valence-electron chi connectivity index (χ1n) is 8.64. The van der Waals surface area contributed by atoms with E-state index in [1.165, 1.54) is 32.1 Å². The minimum Gasteiger partial charge on any atom is -0.399 e. The third-order valence-electron chi connectivity index (χ3n) is 4.44. The molecule has 1 unspecified atom stereocenters. The van der Waals surface area contributed by atoms with E-state index in [1.54, 1.807) is 21.3 Å². The maximum Gasteiger partial charge on any atom is 0.289 e. The number of ether oxygens (including phenoxy) is 3. The maximum absolute atomic E-state index is 5.95. The number of anilines is 1. The number of hydrogen-bond donors (Lipinski definition) is 1. The summed E-state index contributed by atoms with van der Waals surface area (Å²) in [6.07, 6.45) is 8.43. The average molecular weight is 323 g/mol. The SMILES string of the molecule is CCCCCCCCC(c1cccc(N)c1)C(OC)(OC)OC. The number of methoxy groups -OCH3 is 3. The summed E-state index contributed by atoms with van der Waals surface area (Å²) in [7, 11) is 4.86. The lowest BCUT2D eigenvalue weighted by Crippen LogP contribution is -2.42. The number of hydrogen-bond acceptors (Lipinski definition) is 4. The van der Waals surface area contributed by atoms with Crippen molar-refractivity contribution in [1.82, 2.24) is 0 Å². The summed E-state index contributed by atoms with van der Waals surface area (Å²) in [6, 6.07) is 7.89. The van der Waals surface area contributed by atoms with Gasteiger partial charge in [-0.3, -0.25) is 0 Å². The molecule has 0 amide bonds. The van der Waals surface area contributed by atoms with E-state index >= 15 is 0 Å². The highest BCUT2D eigenvalue weighted by molar-refractivity contribution is 5.42. The zero-order chi connectivity index (χ0) is 17.1. The number of rotatable bonds is 12. The van der Waals surface area contributed by atoms with Gasteiger partial charge < -0.3 is 19.9 Å². The van der Waals surface area contributed by atoms with Crippen molar-refractivity contribution < 1.29 is 14.2 Å². The van der Waals surface area contributed by atoms with Gasteiger partial charge in [0.05, 0.1) is 5.92 Å². The quantitative estimate of drug-likeness (QED) is 0.344. The second kappa shape index (κ2) is 10.6. The molecule has 0 heterocycles. The van der Waals surface area contributed by atoms with Gasteiger partial charge in [0.25, 0.3) is 5.97 Å². The van der Waals surface area contributed by atoms with Crippen molar-refractivity contribution in [2.45, 2.75) is 63.8 Å². The fraction of sp³-hybridized carbons (Fsp3) is 0.684. The predicted molar refractivity (Wildman–Crippen MR) is 95.3 cm³/mol. The van der Waals surface area contributed by atoms with Gasteiger partial charge in [-0.1, -0.05) is 57.6 Å². The third-order valence-corrected chi connectivity index (χ3v) is 4.44. The summed E-state index contributed by atoms with van der Waals surface area (Å²) in [4.78, 5) is 0. The van der Waals surface area contributed by atoms with E-state index in [0.29, 0.717) is 0 Å².